The van der Waals surface area contributed by atoms with Crippen molar-refractivity contribution in [2.75, 3.05) is 18.1 Å². The molecule has 1 atom stereocenters. The van der Waals surface area contributed by atoms with E-state index in [0.717, 1.165) is 35.5 Å². The number of hydrogen-bond donors (Lipinski definition) is 1. The highest BCUT2D eigenvalue weighted by molar-refractivity contribution is 9.10. The third kappa shape index (κ3) is 3.51. The molecule has 1 amide bonds. The van der Waals surface area contributed by atoms with Crippen molar-refractivity contribution >= 4 is 53.1 Å². The van der Waals surface area contributed by atoms with Crippen LogP contribution in [-0.4, -0.2) is 31.7 Å². The van der Waals surface area contributed by atoms with Crippen LogP contribution in [0.5, 0.6) is 0 Å². The van der Waals surface area contributed by atoms with Crippen LogP contribution in [0.1, 0.15) is 24.0 Å². The van der Waals surface area contributed by atoms with Crippen LogP contribution >= 0.6 is 39.5 Å². The van der Waals surface area contributed by atoms with Gasteiger partial charge in [-0.05, 0) is 40.4 Å². The lowest BCUT2D eigenvalue weighted by Gasteiger charge is -2.42. The number of cyclic esters (lactones) is 1. The molecule has 3 aliphatic rings. The number of carbonyl (C=O) groups excluding carboxylic acids is 1. The summed E-state index contributed by atoms with van der Waals surface area (Å²) in [6.45, 7) is 0.283. The number of hydrogen-bond acceptors (Lipinski definition) is 4. The number of benzene rings is 1. The number of fused-ring (bicyclic) bond motifs is 3. The highest BCUT2D eigenvalue weighted by atomic mass is 79.9. The molecule has 1 aliphatic carbocycles. The largest absolute Gasteiger partial charge is 0.762 e. The quantitative estimate of drug-likeness (QED) is 0.447. The molecule has 1 aromatic carbocycles. The Morgan fingerprint density at radius 3 is 2.40 bits per heavy atom. The maximum atomic E-state index is 14.9. The number of rotatable bonds is 0. The van der Waals surface area contributed by atoms with Gasteiger partial charge in [-0.15, -0.1) is 23.5 Å². The molecular weight excluding hydrogens is 445 g/mol. The van der Waals surface area contributed by atoms with E-state index in [1.165, 1.54) is 0 Å². The van der Waals surface area contributed by atoms with Crippen LogP contribution in [0.3, 0.4) is 0 Å². The zero-order valence-electron chi connectivity index (χ0n) is 12.8. The van der Waals surface area contributed by atoms with E-state index < -0.39 is 19.2 Å². The fourth-order valence-electron chi connectivity index (χ4n) is 3.44. The van der Waals surface area contributed by atoms with E-state index in [1.807, 2.05) is 29.6 Å². The second kappa shape index (κ2) is 7.23. The van der Waals surface area contributed by atoms with Gasteiger partial charge in [-0.1, -0.05) is 6.07 Å². The molecule has 3 nitrogen and oxygen atoms in total. The average molecular weight is 458 g/mol. The first-order chi connectivity index (χ1) is 11.8. The monoisotopic (exact) mass is 457 g/mol. The minimum atomic E-state index is -3.67. The number of nitrogens with one attached hydrogen (secondary N) is 1. The molecule has 0 bridgehead atoms. The summed E-state index contributed by atoms with van der Waals surface area (Å²) in [5, 5.41) is 2.92. The number of amides is 1. The highest BCUT2D eigenvalue weighted by Gasteiger charge is 2.54. The van der Waals surface area contributed by atoms with E-state index in [4.69, 9.17) is 4.74 Å². The van der Waals surface area contributed by atoms with Crippen molar-refractivity contribution in [3.63, 3.8) is 0 Å². The van der Waals surface area contributed by atoms with Crippen LogP contribution in [0.4, 0.5) is 22.1 Å². The Hall–Kier alpha value is -0.545. The maximum Gasteiger partial charge on any atom is 0.762 e. The molecule has 2 heterocycles. The Balaban J connectivity index is 0.000000415. The van der Waals surface area contributed by atoms with Gasteiger partial charge in [-0.3, -0.25) is 12.9 Å². The molecule has 1 N–H and O–H groups in total. The van der Waals surface area contributed by atoms with E-state index in [2.05, 4.69) is 21.2 Å². The predicted octanol–water partition coefficient (Wildman–Crippen LogP) is 4.83. The van der Waals surface area contributed by atoms with Gasteiger partial charge < -0.3 is 10.1 Å². The highest BCUT2D eigenvalue weighted by Crippen LogP contribution is 2.61. The normalized spacial score (nSPS) is 25.9. The molecule has 1 aromatic rings. The fraction of sp³-hybridized carbons (Fsp3) is 0.500. The number of alkyl carbamates (subject to hydrolysis) is 1. The Labute approximate surface area is 159 Å². The molecule has 11 heteroatoms. The average Bonchev–Trinajstić information content (AvgIpc) is 3.15. The molecule has 2 aliphatic heterocycles. The van der Waals surface area contributed by atoms with E-state index in [-0.39, 0.29) is 16.5 Å². The molecule has 136 valence electrons. The summed E-state index contributed by atoms with van der Waals surface area (Å²) in [6, 6.07) is 3.65. The van der Waals surface area contributed by atoms with Gasteiger partial charge >= 0.3 is 13.6 Å². The molecular formula is C14H13BBrF4NO2S2. The first-order valence-corrected chi connectivity index (χ1v) is 10.2. The second-order valence-electron chi connectivity index (χ2n) is 5.76. The van der Waals surface area contributed by atoms with Gasteiger partial charge in [0.15, 0.2) is 0 Å². The Morgan fingerprint density at radius 1 is 1.20 bits per heavy atom. The van der Waals surface area contributed by atoms with Gasteiger partial charge in [-0.2, -0.15) is 0 Å². The molecule has 0 aromatic heterocycles. The minimum absolute atomic E-state index is 0.199. The molecule has 4 rings (SSSR count). The first-order valence-electron chi connectivity index (χ1n) is 7.44. The van der Waals surface area contributed by atoms with Gasteiger partial charge in [0, 0.05) is 17.1 Å². The molecule has 0 saturated carbocycles. The fourth-order valence-corrected chi connectivity index (χ4v) is 7.11. The van der Waals surface area contributed by atoms with E-state index in [0.29, 0.717) is 4.47 Å². The lowest BCUT2D eigenvalue weighted by molar-refractivity contribution is 0.169. The van der Waals surface area contributed by atoms with Crippen LogP contribution in [0, 0.1) is 5.82 Å². The van der Waals surface area contributed by atoms with E-state index >= 15 is 0 Å². The maximum absolute atomic E-state index is 14.9. The zero-order valence-corrected chi connectivity index (χ0v) is 16.0. The number of carbonyl (C=O) groups is 1. The standard InChI is InChI=1S/C14H13BrFNO2S2.BF3/c15-9-2-1-8-10(11(9)16)14(20-5-6-21-14)4-3-13(8)7-19-12(18)17-13;2-1(3)4/h1-2H,3-7H2,(H,17,18);/t13-;/m1./s1. The summed E-state index contributed by atoms with van der Waals surface area (Å²) in [5.74, 6) is 1.87. The predicted molar refractivity (Wildman–Crippen MR) is 95.2 cm³/mol. The summed E-state index contributed by atoms with van der Waals surface area (Å²) in [7, 11) is -3.67. The van der Waals surface area contributed by atoms with Crippen molar-refractivity contribution in [2.45, 2.75) is 22.5 Å². The van der Waals surface area contributed by atoms with Gasteiger partial charge in [-0.25, -0.2) is 9.18 Å². The van der Waals surface area contributed by atoms with E-state index in [9.17, 15) is 22.1 Å². The summed E-state index contributed by atoms with van der Waals surface area (Å²) >= 11 is 6.95. The number of halogens is 5. The molecule has 2 saturated heterocycles. The first kappa shape index (κ1) is 19.2. The summed E-state index contributed by atoms with van der Waals surface area (Å²) in [4.78, 5) is 11.5. The van der Waals surface area contributed by atoms with Crippen LogP contribution < -0.4 is 5.32 Å². The van der Waals surface area contributed by atoms with Gasteiger partial charge in [0.2, 0.25) is 0 Å². The third-order valence-electron chi connectivity index (χ3n) is 4.42. The Morgan fingerprint density at radius 2 is 1.84 bits per heavy atom. The van der Waals surface area contributed by atoms with Gasteiger partial charge in [0.05, 0.1) is 8.55 Å². The number of thioether (sulfide) groups is 2. The summed E-state index contributed by atoms with van der Waals surface area (Å²) in [5.41, 5.74) is 1.05. The van der Waals surface area contributed by atoms with Crippen molar-refractivity contribution in [3.8, 4) is 0 Å². The Bertz CT molecular complexity index is 690. The third-order valence-corrected chi connectivity index (χ3v) is 8.56. The van der Waals surface area contributed by atoms with Crippen molar-refractivity contribution in [1.29, 1.82) is 0 Å². The molecule has 0 unspecified atom stereocenters. The Kier molecular flexibility index (Phi) is 5.56. The summed E-state index contributed by atoms with van der Waals surface area (Å²) in [6.07, 6.45) is 1.21. The van der Waals surface area contributed by atoms with Crippen LogP contribution in [0.15, 0.2) is 16.6 Å². The molecule has 2 fully saturated rings. The van der Waals surface area contributed by atoms with Crippen molar-refractivity contribution in [3.05, 3.63) is 33.5 Å². The van der Waals surface area contributed by atoms with Gasteiger partial charge in [0.25, 0.3) is 0 Å². The van der Waals surface area contributed by atoms with Gasteiger partial charge in [0.1, 0.15) is 18.0 Å². The molecule has 2 spiro atoms. The molecule has 0 radical (unpaired) electrons. The topological polar surface area (TPSA) is 38.3 Å². The van der Waals surface area contributed by atoms with Crippen molar-refractivity contribution in [1.82, 2.24) is 5.32 Å². The van der Waals surface area contributed by atoms with Crippen molar-refractivity contribution < 1.29 is 26.9 Å². The van der Waals surface area contributed by atoms with Crippen LogP contribution in [-0.2, 0) is 14.4 Å². The minimum Gasteiger partial charge on any atom is -0.447 e. The summed E-state index contributed by atoms with van der Waals surface area (Å²) < 4.78 is 49.3. The lowest BCUT2D eigenvalue weighted by Crippen LogP contribution is -2.46. The van der Waals surface area contributed by atoms with Crippen LogP contribution in [0.25, 0.3) is 0 Å². The zero-order chi connectivity index (χ0) is 18.2. The SMILES string of the molecule is FB(F)F.O=C1N[C@]2(CCC3(SCCS3)c3c2ccc(Br)c3F)CO1. The van der Waals surface area contributed by atoms with Crippen LogP contribution in [0.2, 0.25) is 0 Å². The smallest absolute Gasteiger partial charge is 0.447 e. The van der Waals surface area contributed by atoms with E-state index in [1.54, 1.807) is 6.07 Å². The second-order valence-corrected chi connectivity index (χ2v) is 9.66. The molecule has 25 heavy (non-hydrogen) atoms. The number of ether oxygens (including phenoxy) is 1. The van der Waals surface area contributed by atoms with Crippen molar-refractivity contribution in [2.24, 2.45) is 0 Å². The lowest BCUT2D eigenvalue weighted by atomic mass is 9.76.